The van der Waals surface area contributed by atoms with Crippen LogP contribution in [0.3, 0.4) is 0 Å². The standard InChI is InChI=1S/C11H17N3S/c1-3-11(2)8-13-10(12)14(11)7-9-5-4-6-15-9/h4-6H,3,7-8H2,1-2H3,(H2,12,13). The van der Waals surface area contributed by atoms with Crippen LogP contribution in [-0.2, 0) is 6.54 Å². The van der Waals surface area contributed by atoms with Crippen molar-refractivity contribution in [1.29, 1.82) is 0 Å². The maximum atomic E-state index is 5.93. The van der Waals surface area contributed by atoms with Crippen LogP contribution in [0, 0.1) is 0 Å². The third-order valence-corrected chi connectivity index (χ3v) is 4.03. The number of aliphatic imine (C=N–C) groups is 1. The van der Waals surface area contributed by atoms with E-state index >= 15 is 0 Å². The Morgan fingerprint density at radius 2 is 2.47 bits per heavy atom. The quantitative estimate of drug-likeness (QED) is 0.852. The van der Waals surface area contributed by atoms with Gasteiger partial charge in [0, 0.05) is 4.88 Å². The Bertz CT molecular complexity index is 358. The largest absolute Gasteiger partial charge is 0.370 e. The molecule has 2 N–H and O–H groups in total. The highest BCUT2D eigenvalue weighted by Crippen LogP contribution is 2.27. The molecule has 4 heteroatoms. The molecule has 2 rings (SSSR count). The predicted molar refractivity (Wildman–Crippen MR) is 65.0 cm³/mol. The van der Waals surface area contributed by atoms with Crippen LogP contribution in [0.1, 0.15) is 25.1 Å². The normalized spacial score (nSPS) is 25.7. The van der Waals surface area contributed by atoms with Crippen molar-refractivity contribution in [3.05, 3.63) is 22.4 Å². The maximum absolute atomic E-state index is 5.93. The second kappa shape index (κ2) is 3.85. The van der Waals surface area contributed by atoms with E-state index in [1.54, 1.807) is 11.3 Å². The zero-order valence-corrected chi connectivity index (χ0v) is 10.0. The van der Waals surface area contributed by atoms with Crippen molar-refractivity contribution < 1.29 is 0 Å². The van der Waals surface area contributed by atoms with Gasteiger partial charge in [0.1, 0.15) is 0 Å². The molecular formula is C11H17N3S. The van der Waals surface area contributed by atoms with Gasteiger partial charge in [0.2, 0.25) is 0 Å². The van der Waals surface area contributed by atoms with Gasteiger partial charge >= 0.3 is 0 Å². The average molecular weight is 223 g/mol. The summed E-state index contributed by atoms with van der Waals surface area (Å²) in [6, 6.07) is 4.22. The molecule has 1 unspecified atom stereocenters. The number of nitrogens with two attached hydrogens (primary N) is 1. The molecule has 0 bridgehead atoms. The Kier molecular flexibility index (Phi) is 2.69. The molecule has 1 aromatic rings. The van der Waals surface area contributed by atoms with Gasteiger partial charge in [-0.15, -0.1) is 11.3 Å². The van der Waals surface area contributed by atoms with Crippen molar-refractivity contribution >= 4 is 17.3 Å². The van der Waals surface area contributed by atoms with Crippen LogP contribution >= 0.6 is 11.3 Å². The zero-order valence-electron chi connectivity index (χ0n) is 9.23. The highest BCUT2D eigenvalue weighted by Gasteiger charge is 2.36. The van der Waals surface area contributed by atoms with Crippen LogP contribution in [-0.4, -0.2) is 22.9 Å². The fourth-order valence-electron chi connectivity index (χ4n) is 1.83. The molecule has 0 saturated carbocycles. The fourth-order valence-corrected chi connectivity index (χ4v) is 2.52. The van der Waals surface area contributed by atoms with Crippen molar-refractivity contribution in [3.8, 4) is 0 Å². The molecule has 15 heavy (non-hydrogen) atoms. The van der Waals surface area contributed by atoms with Crippen LogP contribution < -0.4 is 5.73 Å². The smallest absolute Gasteiger partial charge is 0.192 e. The van der Waals surface area contributed by atoms with E-state index in [0.29, 0.717) is 5.96 Å². The SMILES string of the molecule is CCC1(C)CN=C(N)N1Cc1cccs1. The van der Waals surface area contributed by atoms with E-state index in [1.807, 2.05) is 0 Å². The monoisotopic (exact) mass is 223 g/mol. The lowest BCUT2D eigenvalue weighted by Crippen LogP contribution is -2.48. The first-order valence-corrected chi connectivity index (χ1v) is 6.13. The van der Waals surface area contributed by atoms with E-state index in [-0.39, 0.29) is 5.54 Å². The van der Waals surface area contributed by atoms with Gasteiger partial charge in [-0.05, 0) is 24.8 Å². The Balaban J connectivity index is 2.15. The molecule has 1 aromatic heterocycles. The van der Waals surface area contributed by atoms with Crippen LogP contribution in [0.25, 0.3) is 0 Å². The van der Waals surface area contributed by atoms with Crippen molar-refractivity contribution in [2.45, 2.75) is 32.4 Å². The van der Waals surface area contributed by atoms with Crippen LogP contribution in [0.2, 0.25) is 0 Å². The molecule has 0 aliphatic carbocycles. The highest BCUT2D eigenvalue weighted by atomic mass is 32.1. The van der Waals surface area contributed by atoms with E-state index in [9.17, 15) is 0 Å². The van der Waals surface area contributed by atoms with Gasteiger partial charge in [-0.1, -0.05) is 13.0 Å². The van der Waals surface area contributed by atoms with E-state index in [2.05, 4.69) is 41.3 Å². The van der Waals surface area contributed by atoms with E-state index in [1.165, 1.54) is 4.88 Å². The molecule has 0 radical (unpaired) electrons. The minimum Gasteiger partial charge on any atom is -0.370 e. The first-order chi connectivity index (χ1) is 7.15. The minimum absolute atomic E-state index is 0.105. The molecule has 3 nitrogen and oxygen atoms in total. The summed E-state index contributed by atoms with van der Waals surface area (Å²) in [6.07, 6.45) is 1.07. The lowest BCUT2D eigenvalue weighted by Gasteiger charge is -2.35. The molecule has 0 amide bonds. The number of hydrogen-bond donors (Lipinski definition) is 1. The van der Waals surface area contributed by atoms with E-state index < -0.39 is 0 Å². The summed E-state index contributed by atoms with van der Waals surface area (Å²) < 4.78 is 0. The number of thiophene rings is 1. The minimum atomic E-state index is 0.105. The van der Waals surface area contributed by atoms with Crippen LogP contribution in [0.5, 0.6) is 0 Å². The summed E-state index contributed by atoms with van der Waals surface area (Å²) in [4.78, 5) is 7.91. The third kappa shape index (κ3) is 1.86. The predicted octanol–water partition coefficient (Wildman–Crippen LogP) is 2.05. The number of nitrogens with zero attached hydrogens (tertiary/aromatic N) is 2. The summed E-state index contributed by atoms with van der Waals surface area (Å²) in [7, 11) is 0. The van der Waals surface area contributed by atoms with E-state index in [0.717, 1.165) is 19.5 Å². The van der Waals surface area contributed by atoms with Gasteiger partial charge in [0.05, 0.1) is 18.6 Å². The molecule has 1 aliphatic heterocycles. The number of hydrogen-bond acceptors (Lipinski definition) is 4. The number of rotatable bonds is 3. The van der Waals surface area contributed by atoms with Crippen molar-refractivity contribution in [2.75, 3.05) is 6.54 Å². The third-order valence-electron chi connectivity index (χ3n) is 3.17. The van der Waals surface area contributed by atoms with E-state index in [4.69, 9.17) is 5.73 Å². The first-order valence-electron chi connectivity index (χ1n) is 5.25. The number of guanidine groups is 1. The van der Waals surface area contributed by atoms with Gasteiger partial charge in [-0.2, -0.15) is 0 Å². The molecule has 0 aromatic carbocycles. The van der Waals surface area contributed by atoms with Crippen molar-refractivity contribution in [3.63, 3.8) is 0 Å². The molecule has 2 heterocycles. The summed E-state index contributed by atoms with van der Waals surface area (Å²) in [5.74, 6) is 0.688. The maximum Gasteiger partial charge on any atom is 0.192 e. The summed E-state index contributed by atoms with van der Waals surface area (Å²) in [6.45, 7) is 6.12. The fraction of sp³-hybridized carbons (Fsp3) is 0.545. The molecule has 82 valence electrons. The Morgan fingerprint density at radius 3 is 3.07 bits per heavy atom. The summed E-state index contributed by atoms with van der Waals surface area (Å²) in [5, 5.41) is 2.10. The topological polar surface area (TPSA) is 41.6 Å². The second-order valence-electron chi connectivity index (χ2n) is 4.19. The average Bonchev–Trinajstić information content (AvgIpc) is 2.82. The molecular weight excluding hydrogens is 206 g/mol. The second-order valence-corrected chi connectivity index (χ2v) is 5.22. The van der Waals surface area contributed by atoms with Crippen LogP contribution in [0.4, 0.5) is 0 Å². The molecule has 0 saturated heterocycles. The molecule has 1 aliphatic rings. The lowest BCUT2D eigenvalue weighted by molar-refractivity contribution is 0.209. The zero-order chi connectivity index (χ0) is 10.9. The molecule has 0 spiro atoms. The van der Waals surface area contributed by atoms with Gasteiger partial charge in [0.25, 0.3) is 0 Å². The van der Waals surface area contributed by atoms with Crippen LogP contribution in [0.15, 0.2) is 22.5 Å². The Hall–Kier alpha value is -1.03. The van der Waals surface area contributed by atoms with Gasteiger partial charge in [-0.3, -0.25) is 4.99 Å². The summed E-state index contributed by atoms with van der Waals surface area (Å²) >= 11 is 1.77. The van der Waals surface area contributed by atoms with Gasteiger partial charge in [0.15, 0.2) is 5.96 Å². The van der Waals surface area contributed by atoms with Crippen molar-refractivity contribution in [2.24, 2.45) is 10.7 Å². The lowest BCUT2D eigenvalue weighted by atomic mass is 9.98. The van der Waals surface area contributed by atoms with Crippen molar-refractivity contribution in [1.82, 2.24) is 4.90 Å². The highest BCUT2D eigenvalue weighted by molar-refractivity contribution is 7.09. The van der Waals surface area contributed by atoms with Gasteiger partial charge < -0.3 is 10.6 Å². The summed E-state index contributed by atoms with van der Waals surface area (Å²) in [5.41, 5.74) is 6.03. The van der Waals surface area contributed by atoms with Gasteiger partial charge in [-0.25, -0.2) is 0 Å². The molecule has 0 fully saturated rings. The molecule has 1 atom stereocenters. The Morgan fingerprint density at radius 1 is 1.67 bits per heavy atom. The first kappa shape index (κ1) is 10.5. The Labute approximate surface area is 94.6 Å².